The molecule has 6 nitrogen and oxygen atoms in total. The van der Waals surface area contributed by atoms with Gasteiger partial charge in [0.05, 0.1) is 23.2 Å². The lowest BCUT2D eigenvalue weighted by Gasteiger charge is -2.43. The molecule has 1 fully saturated rings. The van der Waals surface area contributed by atoms with Crippen molar-refractivity contribution < 1.29 is 18.8 Å². The molecule has 1 saturated carbocycles. The Balaban J connectivity index is 1.24. The van der Waals surface area contributed by atoms with Crippen molar-refractivity contribution in [2.24, 2.45) is 11.3 Å². The zero-order chi connectivity index (χ0) is 45.1. The Morgan fingerprint density at radius 1 is 0.615 bits per heavy atom. The Morgan fingerprint density at radius 3 is 1.60 bits per heavy atom. The molecule has 0 radical (unpaired) electrons. The molecule has 7 aromatic carbocycles. The number of para-hydroxylation sites is 1. The third-order valence-electron chi connectivity index (χ3n) is 13.5. The van der Waals surface area contributed by atoms with Crippen LogP contribution >= 0.6 is 0 Å². The Labute approximate surface area is 383 Å². The number of ether oxygens (including phenoxy) is 1. The average molecular weight is 871 g/mol. The number of aromatic nitrogens is 1. The lowest BCUT2D eigenvalue weighted by molar-refractivity contribution is -0.127. The van der Waals surface area contributed by atoms with Crippen LogP contribution in [-0.4, -0.2) is 38.2 Å². The van der Waals surface area contributed by atoms with Crippen LogP contribution in [0.25, 0.3) is 10.9 Å². The third kappa shape index (κ3) is 7.94. The van der Waals surface area contributed by atoms with E-state index in [0.717, 1.165) is 38.0 Å². The number of rotatable bonds is 15. The number of hydrogen-bond acceptors (Lipinski definition) is 5. The van der Waals surface area contributed by atoms with Gasteiger partial charge in [0.2, 0.25) is 5.91 Å². The van der Waals surface area contributed by atoms with Crippen molar-refractivity contribution in [3.63, 3.8) is 0 Å². The van der Waals surface area contributed by atoms with E-state index in [9.17, 15) is 4.79 Å². The number of carbonyl (C=O) groups excluding carboxylic acids is 2. The molecule has 3 atom stereocenters. The molecule has 324 valence electrons. The number of anilines is 1. The smallest absolute Gasteiger partial charge is 0.261 e. The largest absolute Gasteiger partial charge is 0.407 e. The van der Waals surface area contributed by atoms with Crippen molar-refractivity contribution in [3.8, 4) is 0 Å². The summed E-state index contributed by atoms with van der Waals surface area (Å²) in [6.07, 6.45) is 1.75. The predicted molar refractivity (Wildman–Crippen MR) is 264 cm³/mol. The molecular weight excluding hydrogens is 817 g/mol. The maximum Gasteiger partial charge on any atom is 0.261 e. The summed E-state index contributed by atoms with van der Waals surface area (Å²) in [6.45, 7) is 8.69. The van der Waals surface area contributed by atoms with E-state index in [1.807, 2.05) is 121 Å². The molecule has 1 amide bonds. The van der Waals surface area contributed by atoms with Crippen molar-refractivity contribution in [1.29, 1.82) is 0 Å². The number of Topliss-reactive ketones (excluding diaryl/α,β-unsaturated/α-hetero) is 1. The first-order chi connectivity index (χ1) is 31.6. The fourth-order valence-electron chi connectivity index (χ4n) is 10.2. The summed E-state index contributed by atoms with van der Waals surface area (Å²) in [5.74, 6) is -0.913. The first kappa shape index (κ1) is 43.5. The van der Waals surface area contributed by atoms with Crippen molar-refractivity contribution in [1.82, 2.24) is 4.98 Å². The minimum atomic E-state index is -3.08. The molecule has 0 saturated heterocycles. The van der Waals surface area contributed by atoms with Crippen LogP contribution < -0.4 is 15.7 Å². The van der Waals surface area contributed by atoms with E-state index in [4.69, 9.17) is 14.1 Å². The molecule has 0 bridgehead atoms. The molecule has 1 heterocycles. The Kier molecular flexibility index (Phi) is 12.0. The van der Waals surface area contributed by atoms with Crippen LogP contribution in [0, 0.1) is 11.3 Å². The molecule has 0 spiro atoms. The molecule has 1 aromatic heterocycles. The van der Waals surface area contributed by atoms with Crippen LogP contribution in [0.15, 0.2) is 212 Å². The molecule has 1 aliphatic carbocycles. The van der Waals surface area contributed by atoms with Crippen LogP contribution in [0.4, 0.5) is 5.69 Å². The molecule has 65 heavy (non-hydrogen) atoms. The van der Waals surface area contributed by atoms with E-state index in [1.165, 1.54) is 0 Å². The SMILES string of the molecule is CC(=O)c1ccc(C2C(CO[Si](c3ccccc3)(c3ccccc3)C(C)(C)C)C2(COC(c2ccccc2)(c2ccccc2)c2ccccc2)C(=O)Nc2cccc3cccnc23)cc1. The highest BCUT2D eigenvalue weighted by atomic mass is 28.4. The fourth-order valence-corrected chi connectivity index (χ4v) is 14.8. The topological polar surface area (TPSA) is 77.5 Å². The van der Waals surface area contributed by atoms with E-state index >= 15 is 4.79 Å². The van der Waals surface area contributed by atoms with Gasteiger partial charge in [0.25, 0.3) is 8.32 Å². The monoisotopic (exact) mass is 870 g/mol. The molecule has 8 aromatic rings. The fraction of sp³-hybridized carbons (Fsp3) is 0.190. The number of benzene rings is 7. The minimum Gasteiger partial charge on any atom is -0.407 e. The zero-order valence-electron chi connectivity index (χ0n) is 37.4. The lowest BCUT2D eigenvalue weighted by atomic mass is 9.80. The van der Waals surface area contributed by atoms with Crippen LogP contribution in [0.1, 0.15) is 66.2 Å². The number of nitrogens with one attached hydrogen (secondary N) is 1. The Bertz CT molecular complexity index is 2750. The molecule has 1 aliphatic rings. The quantitative estimate of drug-likeness (QED) is 0.0631. The number of amides is 1. The molecule has 1 N–H and O–H groups in total. The summed E-state index contributed by atoms with van der Waals surface area (Å²) >= 11 is 0. The van der Waals surface area contributed by atoms with Gasteiger partial charge in [-0.1, -0.05) is 215 Å². The Morgan fingerprint density at radius 2 is 1.11 bits per heavy atom. The van der Waals surface area contributed by atoms with Crippen molar-refractivity contribution in [2.75, 3.05) is 18.5 Å². The van der Waals surface area contributed by atoms with Crippen LogP contribution in [0.5, 0.6) is 0 Å². The van der Waals surface area contributed by atoms with Gasteiger partial charge in [-0.05, 0) is 56.7 Å². The minimum absolute atomic E-state index is 0.0203. The third-order valence-corrected chi connectivity index (χ3v) is 18.5. The zero-order valence-corrected chi connectivity index (χ0v) is 38.4. The maximum atomic E-state index is 16.0. The number of pyridine rings is 1. The summed E-state index contributed by atoms with van der Waals surface area (Å²) in [4.78, 5) is 33.3. The van der Waals surface area contributed by atoms with Gasteiger partial charge in [-0.3, -0.25) is 14.6 Å². The average Bonchev–Trinajstić information content (AvgIpc) is 4.01. The standard InChI is InChI=1S/C58H54N2O4Si/c1-42(61)43-35-37-44(38-36-43)53-51(40-64-65(56(2,3)4,49-30-16-8-17-31-49)50-32-18-9-19-33-50)57(53,55(62)60-52-34-20-22-45-23-21-39-59-54(45)52)41-63-58(46-24-10-5-11-25-46,47-26-12-6-13-27-47)48-28-14-7-15-29-48/h5-39,51,53H,40-41H2,1-4H3,(H,60,62). The predicted octanol–water partition coefficient (Wildman–Crippen LogP) is 11.4. The number of carbonyl (C=O) groups is 2. The van der Waals surface area contributed by atoms with E-state index in [2.05, 4.69) is 111 Å². The first-order valence-electron chi connectivity index (χ1n) is 22.4. The van der Waals surface area contributed by atoms with Crippen molar-refractivity contribution in [2.45, 2.75) is 44.3 Å². The van der Waals surface area contributed by atoms with Gasteiger partial charge in [0, 0.05) is 35.6 Å². The Hall–Kier alpha value is -6.77. The number of nitrogens with zero attached hydrogens (tertiary/aromatic N) is 1. The maximum absolute atomic E-state index is 16.0. The summed E-state index contributed by atoms with van der Waals surface area (Å²) in [5, 5.41) is 6.35. The number of hydrogen-bond donors (Lipinski definition) is 1. The van der Waals surface area contributed by atoms with Gasteiger partial charge in [-0.15, -0.1) is 0 Å². The summed E-state index contributed by atoms with van der Waals surface area (Å²) in [6, 6.07) is 69.6. The highest BCUT2D eigenvalue weighted by Crippen LogP contribution is 2.67. The van der Waals surface area contributed by atoms with Crippen LogP contribution in [0.3, 0.4) is 0 Å². The van der Waals surface area contributed by atoms with E-state index in [1.54, 1.807) is 13.1 Å². The summed E-state index contributed by atoms with van der Waals surface area (Å²) in [7, 11) is -3.08. The van der Waals surface area contributed by atoms with E-state index in [0.29, 0.717) is 16.8 Å². The summed E-state index contributed by atoms with van der Waals surface area (Å²) < 4.78 is 15.5. The second kappa shape index (κ2) is 18.0. The van der Waals surface area contributed by atoms with Gasteiger partial charge in [0.1, 0.15) is 5.60 Å². The van der Waals surface area contributed by atoms with Gasteiger partial charge in [-0.2, -0.15) is 0 Å². The van der Waals surface area contributed by atoms with Crippen molar-refractivity contribution in [3.05, 3.63) is 240 Å². The second-order valence-electron chi connectivity index (χ2n) is 18.2. The number of fused-ring (bicyclic) bond motifs is 1. The van der Waals surface area contributed by atoms with Crippen LogP contribution in [0.2, 0.25) is 5.04 Å². The van der Waals surface area contributed by atoms with E-state index < -0.39 is 19.3 Å². The lowest BCUT2D eigenvalue weighted by Crippen LogP contribution is -2.66. The highest BCUT2D eigenvalue weighted by molar-refractivity contribution is 6.99. The van der Waals surface area contributed by atoms with Crippen molar-refractivity contribution >= 4 is 47.0 Å². The molecule has 7 heteroatoms. The molecule has 9 rings (SSSR count). The highest BCUT2D eigenvalue weighted by Gasteiger charge is 2.71. The number of ketones is 1. The second-order valence-corrected chi connectivity index (χ2v) is 22.5. The summed E-state index contributed by atoms with van der Waals surface area (Å²) in [5.41, 5.74) is 3.42. The van der Waals surface area contributed by atoms with Gasteiger partial charge >= 0.3 is 0 Å². The molecule has 3 unspecified atom stereocenters. The van der Waals surface area contributed by atoms with Gasteiger partial charge < -0.3 is 14.5 Å². The van der Waals surface area contributed by atoms with Gasteiger partial charge in [-0.25, -0.2) is 0 Å². The van der Waals surface area contributed by atoms with Crippen LogP contribution in [-0.2, 0) is 19.6 Å². The first-order valence-corrected chi connectivity index (χ1v) is 24.3. The normalized spacial score (nSPS) is 17.4. The van der Waals surface area contributed by atoms with E-state index in [-0.39, 0.29) is 41.8 Å². The molecule has 0 aliphatic heterocycles. The van der Waals surface area contributed by atoms with Gasteiger partial charge in [0.15, 0.2) is 5.78 Å². The molecular formula is C58H54N2O4Si.